The van der Waals surface area contributed by atoms with Crippen LogP contribution in [0.4, 0.5) is 4.79 Å². The topological polar surface area (TPSA) is 81.9 Å². The minimum absolute atomic E-state index is 0.0331. The van der Waals surface area contributed by atoms with Crippen LogP contribution in [0, 0.1) is 5.92 Å². The Balaban J connectivity index is 2.23. The lowest BCUT2D eigenvalue weighted by molar-refractivity contribution is -0.159. The average Bonchev–Trinajstić information content (AvgIpc) is 2.36. The Morgan fingerprint density at radius 3 is 2.48 bits per heavy atom. The second-order valence-corrected chi connectivity index (χ2v) is 6.88. The van der Waals surface area contributed by atoms with E-state index in [1.165, 1.54) is 0 Å². The molecule has 1 aliphatic carbocycles. The average molecular weight is 298 g/mol. The van der Waals surface area contributed by atoms with E-state index in [1.54, 1.807) is 11.8 Å². The third kappa shape index (κ3) is 3.31. The first kappa shape index (κ1) is 16.1. The summed E-state index contributed by atoms with van der Waals surface area (Å²) in [5.74, 6) is -0.408. The molecule has 1 amide bonds. The number of rotatable bonds is 2. The predicted molar refractivity (Wildman–Crippen MR) is 77.6 cm³/mol. The van der Waals surface area contributed by atoms with E-state index in [0.717, 1.165) is 19.3 Å². The van der Waals surface area contributed by atoms with Crippen LogP contribution in [-0.4, -0.2) is 47.3 Å². The fourth-order valence-electron chi connectivity index (χ4n) is 3.38. The first-order valence-corrected chi connectivity index (χ1v) is 7.68. The third-order valence-corrected chi connectivity index (χ3v) is 4.16. The molecule has 6 heteroatoms. The lowest BCUT2D eigenvalue weighted by Gasteiger charge is -2.52. The number of hydrogen-bond acceptors (Lipinski definition) is 5. The Labute approximate surface area is 125 Å². The van der Waals surface area contributed by atoms with E-state index in [1.807, 2.05) is 20.8 Å². The van der Waals surface area contributed by atoms with Gasteiger partial charge in [0, 0.05) is 18.0 Å². The van der Waals surface area contributed by atoms with E-state index < -0.39 is 17.7 Å². The van der Waals surface area contributed by atoms with Gasteiger partial charge in [0.05, 0.1) is 6.61 Å². The van der Waals surface area contributed by atoms with Crippen molar-refractivity contribution in [3.63, 3.8) is 0 Å². The molecule has 0 unspecified atom stereocenters. The second-order valence-electron chi connectivity index (χ2n) is 6.88. The number of nitrogens with zero attached hydrogens (tertiary/aromatic N) is 1. The molecule has 3 fully saturated rings. The van der Waals surface area contributed by atoms with E-state index in [0.29, 0.717) is 6.61 Å². The van der Waals surface area contributed by atoms with Crippen LogP contribution >= 0.6 is 0 Å². The number of carbonyl (C=O) groups is 2. The SMILES string of the molecule is CCOC(=O)[C@@H]1[C@@H]2CC[C@@H](C[C@H]2N)N1C(=O)OC(C)(C)C. The third-order valence-electron chi connectivity index (χ3n) is 4.16. The molecule has 0 spiro atoms. The number of nitrogens with two attached hydrogens (primary N) is 1. The quantitative estimate of drug-likeness (QED) is 0.784. The fraction of sp³-hybridized carbons (Fsp3) is 0.867. The van der Waals surface area contributed by atoms with Crippen molar-refractivity contribution < 1.29 is 19.1 Å². The maximum atomic E-state index is 12.5. The van der Waals surface area contributed by atoms with Crippen LogP contribution in [0.15, 0.2) is 0 Å². The van der Waals surface area contributed by atoms with Crippen molar-refractivity contribution in [1.82, 2.24) is 4.90 Å². The van der Waals surface area contributed by atoms with E-state index in [4.69, 9.17) is 15.2 Å². The van der Waals surface area contributed by atoms with Gasteiger partial charge in [-0.2, -0.15) is 0 Å². The number of fused-ring (bicyclic) bond motifs is 3. The molecule has 0 aromatic carbocycles. The summed E-state index contributed by atoms with van der Waals surface area (Å²) in [5.41, 5.74) is 5.56. The first-order chi connectivity index (χ1) is 9.74. The molecule has 2 aliphatic heterocycles. The molecule has 0 aromatic heterocycles. The Morgan fingerprint density at radius 1 is 1.29 bits per heavy atom. The standard InChI is InChI=1S/C15H26N2O4/c1-5-20-13(18)12-10-7-6-9(8-11(10)16)17(12)14(19)21-15(2,3)4/h9-12H,5-8,16H2,1-4H3/t9-,10+,11+,12-/m0/s1. The minimum Gasteiger partial charge on any atom is -0.464 e. The highest BCUT2D eigenvalue weighted by Crippen LogP contribution is 2.40. The number of carbonyl (C=O) groups excluding carboxylic acids is 2. The Kier molecular flexibility index (Phi) is 4.46. The van der Waals surface area contributed by atoms with Crippen LogP contribution in [0.5, 0.6) is 0 Å². The molecule has 4 atom stereocenters. The molecule has 3 aliphatic rings. The van der Waals surface area contributed by atoms with Gasteiger partial charge in [-0.1, -0.05) is 0 Å². The highest BCUT2D eigenvalue weighted by Gasteiger charge is 2.52. The molecule has 6 nitrogen and oxygen atoms in total. The van der Waals surface area contributed by atoms with Crippen LogP contribution in [-0.2, 0) is 14.3 Å². The summed E-state index contributed by atoms with van der Waals surface area (Å²) in [6, 6.07) is -0.701. The van der Waals surface area contributed by atoms with Gasteiger partial charge in [-0.3, -0.25) is 4.90 Å². The van der Waals surface area contributed by atoms with Crippen molar-refractivity contribution in [2.75, 3.05) is 6.61 Å². The van der Waals surface area contributed by atoms with E-state index in [9.17, 15) is 9.59 Å². The molecule has 0 aromatic rings. The number of piperidine rings is 2. The van der Waals surface area contributed by atoms with Gasteiger partial charge in [-0.15, -0.1) is 0 Å². The lowest BCUT2D eigenvalue weighted by atomic mass is 9.71. The lowest BCUT2D eigenvalue weighted by Crippen LogP contribution is -2.67. The van der Waals surface area contributed by atoms with E-state index in [-0.39, 0.29) is 24.0 Å². The van der Waals surface area contributed by atoms with Crippen LogP contribution in [0.3, 0.4) is 0 Å². The molecule has 2 bridgehead atoms. The molecular formula is C15H26N2O4. The van der Waals surface area contributed by atoms with Gasteiger partial charge in [0.25, 0.3) is 0 Å². The summed E-state index contributed by atoms with van der Waals surface area (Å²) in [7, 11) is 0. The number of esters is 1. The summed E-state index contributed by atoms with van der Waals surface area (Å²) >= 11 is 0. The van der Waals surface area contributed by atoms with Gasteiger partial charge >= 0.3 is 12.1 Å². The largest absolute Gasteiger partial charge is 0.464 e. The molecule has 120 valence electrons. The summed E-state index contributed by atoms with van der Waals surface area (Å²) in [6.07, 6.45) is 2.00. The maximum Gasteiger partial charge on any atom is 0.411 e. The molecule has 0 radical (unpaired) electrons. The summed E-state index contributed by atoms with van der Waals surface area (Å²) in [4.78, 5) is 26.3. The van der Waals surface area contributed by atoms with Crippen LogP contribution in [0.25, 0.3) is 0 Å². The maximum absolute atomic E-state index is 12.5. The fourth-order valence-corrected chi connectivity index (χ4v) is 3.38. The van der Waals surface area contributed by atoms with Gasteiger partial charge in [0.2, 0.25) is 0 Å². The van der Waals surface area contributed by atoms with Gasteiger partial charge in [0.15, 0.2) is 0 Å². The van der Waals surface area contributed by atoms with Crippen molar-refractivity contribution in [3.8, 4) is 0 Å². The number of ether oxygens (including phenoxy) is 2. The number of amides is 1. The van der Waals surface area contributed by atoms with Crippen molar-refractivity contribution in [3.05, 3.63) is 0 Å². The molecular weight excluding hydrogens is 272 g/mol. The van der Waals surface area contributed by atoms with Crippen molar-refractivity contribution in [1.29, 1.82) is 0 Å². The Bertz CT molecular complexity index is 418. The number of hydrogen-bond donors (Lipinski definition) is 1. The molecule has 2 N–H and O–H groups in total. The molecule has 2 saturated heterocycles. The monoisotopic (exact) mass is 298 g/mol. The molecule has 21 heavy (non-hydrogen) atoms. The Morgan fingerprint density at radius 2 is 1.95 bits per heavy atom. The van der Waals surface area contributed by atoms with Crippen LogP contribution in [0.2, 0.25) is 0 Å². The summed E-state index contributed by atoms with van der Waals surface area (Å²) in [6.45, 7) is 7.51. The van der Waals surface area contributed by atoms with Crippen LogP contribution < -0.4 is 5.73 Å². The summed E-state index contributed by atoms with van der Waals surface area (Å²) < 4.78 is 10.6. The van der Waals surface area contributed by atoms with E-state index >= 15 is 0 Å². The zero-order valence-corrected chi connectivity index (χ0v) is 13.3. The Hall–Kier alpha value is -1.30. The predicted octanol–water partition coefficient (Wildman–Crippen LogP) is 1.66. The van der Waals surface area contributed by atoms with Crippen LogP contribution in [0.1, 0.15) is 47.0 Å². The van der Waals surface area contributed by atoms with Gasteiger partial charge in [-0.25, -0.2) is 9.59 Å². The van der Waals surface area contributed by atoms with Crippen molar-refractivity contribution in [2.45, 2.75) is 70.7 Å². The van der Waals surface area contributed by atoms with Gasteiger partial charge in [0.1, 0.15) is 11.6 Å². The normalized spacial score (nSPS) is 32.0. The zero-order chi connectivity index (χ0) is 15.8. The molecule has 2 heterocycles. The smallest absolute Gasteiger partial charge is 0.411 e. The molecule has 3 rings (SSSR count). The highest BCUT2D eigenvalue weighted by atomic mass is 16.6. The highest BCUT2D eigenvalue weighted by molar-refractivity contribution is 5.83. The van der Waals surface area contributed by atoms with Crippen molar-refractivity contribution >= 4 is 12.1 Å². The zero-order valence-electron chi connectivity index (χ0n) is 13.3. The van der Waals surface area contributed by atoms with Gasteiger partial charge < -0.3 is 15.2 Å². The van der Waals surface area contributed by atoms with Crippen molar-refractivity contribution in [2.24, 2.45) is 11.7 Å². The van der Waals surface area contributed by atoms with E-state index in [2.05, 4.69) is 0 Å². The summed E-state index contributed by atoms with van der Waals surface area (Å²) in [5, 5.41) is 0. The first-order valence-electron chi connectivity index (χ1n) is 7.68. The second kappa shape index (κ2) is 5.83. The van der Waals surface area contributed by atoms with Gasteiger partial charge in [-0.05, 0) is 47.0 Å². The molecule has 1 saturated carbocycles. The minimum atomic E-state index is -0.609.